The third kappa shape index (κ3) is 12.7. The first-order valence-electron chi connectivity index (χ1n) is 22.7. The zero-order valence-corrected chi connectivity index (χ0v) is 37.7. The summed E-state index contributed by atoms with van der Waals surface area (Å²) in [5, 5.41) is 20.9. The lowest BCUT2D eigenvalue weighted by molar-refractivity contribution is -0.148. The normalized spacial score (nSPS) is 20.9. The quantitative estimate of drug-likeness (QED) is 0.119. The van der Waals surface area contributed by atoms with Crippen LogP contribution in [0, 0.1) is 11.8 Å². The number of amides is 7. The fraction of sp³-hybridized carbons (Fsp3) is 0.574. The van der Waals surface area contributed by atoms with E-state index in [0.717, 1.165) is 11.1 Å². The van der Waals surface area contributed by atoms with E-state index in [1.54, 1.807) is 54.6 Å². The van der Waals surface area contributed by atoms with E-state index in [0.29, 0.717) is 51.5 Å². The van der Waals surface area contributed by atoms with Crippen LogP contribution in [0.1, 0.15) is 90.7 Å². The summed E-state index contributed by atoms with van der Waals surface area (Å²) in [5.41, 5.74) is 7.56. The maximum Gasteiger partial charge on any atom is 0.326 e. The first-order valence-corrected chi connectivity index (χ1v) is 22.7. The molecule has 0 radical (unpaired) electrons. The van der Waals surface area contributed by atoms with Crippen molar-refractivity contribution in [1.29, 1.82) is 0 Å². The molecule has 64 heavy (non-hydrogen) atoms. The van der Waals surface area contributed by atoms with Crippen LogP contribution in [-0.2, 0) is 51.2 Å². The zero-order valence-electron chi connectivity index (χ0n) is 37.7. The van der Waals surface area contributed by atoms with E-state index in [9.17, 15) is 43.5 Å². The summed E-state index contributed by atoms with van der Waals surface area (Å²) < 4.78 is 0. The average Bonchev–Trinajstić information content (AvgIpc) is 4.07. The molecule has 17 heteroatoms. The molecule has 0 aliphatic carbocycles. The number of nitrogens with two attached hydrogens (primary N) is 1. The zero-order chi connectivity index (χ0) is 46.7. The van der Waals surface area contributed by atoms with Crippen molar-refractivity contribution in [3.63, 3.8) is 0 Å². The second-order valence-corrected chi connectivity index (χ2v) is 18.1. The van der Waals surface area contributed by atoms with Crippen LogP contribution >= 0.6 is 0 Å². The minimum absolute atomic E-state index is 0.0580. The highest BCUT2D eigenvalue weighted by molar-refractivity contribution is 5.98. The fourth-order valence-electron chi connectivity index (χ4n) is 8.82. The van der Waals surface area contributed by atoms with Gasteiger partial charge in [-0.25, -0.2) is 4.79 Å². The Labute approximate surface area is 375 Å². The van der Waals surface area contributed by atoms with Crippen LogP contribution in [0.25, 0.3) is 0 Å². The van der Waals surface area contributed by atoms with Gasteiger partial charge in [0.05, 0.1) is 6.04 Å². The maximum absolute atomic E-state index is 14.3. The molecule has 7 amide bonds. The van der Waals surface area contributed by atoms with Gasteiger partial charge in [0.25, 0.3) is 0 Å². The Morgan fingerprint density at radius 3 is 1.58 bits per heavy atom. The Hall–Kier alpha value is -5.84. The monoisotopic (exact) mass is 886 g/mol. The van der Waals surface area contributed by atoms with Crippen LogP contribution in [0.3, 0.4) is 0 Å². The molecule has 3 heterocycles. The largest absolute Gasteiger partial charge is 0.480 e. The van der Waals surface area contributed by atoms with Gasteiger partial charge in [-0.2, -0.15) is 0 Å². The highest BCUT2D eigenvalue weighted by Crippen LogP contribution is 2.27. The summed E-state index contributed by atoms with van der Waals surface area (Å²) in [4.78, 5) is 113. The predicted molar refractivity (Wildman–Crippen MR) is 238 cm³/mol. The van der Waals surface area contributed by atoms with Gasteiger partial charge in [0, 0.05) is 32.5 Å². The van der Waals surface area contributed by atoms with Gasteiger partial charge >= 0.3 is 5.97 Å². The summed E-state index contributed by atoms with van der Waals surface area (Å²) >= 11 is 0. The number of carboxylic acids is 1. The van der Waals surface area contributed by atoms with Gasteiger partial charge in [0.2, 0.25) is 41.4 Å². The van der Waals surface area contributed by atoms with Gasteiger partial charge in [-0.05, 0) is 74.8 Å². The van der Waals surface area contributed by atoms with Gasteiger partial charge in [-0.1, -0.05) is 88.4 Å². The Balaban J connectivity index is 1.26. The standard InChI is InChI=1S/C47H66N8O9/c1-28(2)25-34(51-43(59)39(48)29(3)4)45(61)55-24-14-21-38(55)46(62)54-23-13-20-37(54)41(57)50-33(26-31-15-8-6-9-16-31)40(56)49-30(5)44(60)53-22-12-19-36(53)42(58)52-35(47(63)64)27-32-17-10-7-11-18-32/h6-11,15-18,28-30,33-39H,12-14,19-27,48H2,1-5H3,(H,49,56)(H,50,57)(H,51,59)(H,52,58)(H,63,64)/t30-,33-,34-,35-,36-,37-,38-,39-/m0/s1. The van der Waals surface area contributed by atoms with Gasteiger partial charge in [0.15, 0.2) is 0 Å². The summed E-state index contributed by atoms with van der Waals surface area (Å²) in [6.45, 7) is 9.84. The summed E-state index contributed by atoms with van der Waals surface area (Å²) in [5.74, 6) is -4.81. The highest BCUT2D eigenvalue weighted by atomic mass is 16.4. The van der Waals surface area contributed by atoms with E-state index in [1.807, 2.05) is 33.8 Å². The maximum atomic E-state index is 14.3. The predicted octanol–water partition coefficient (Wildman–Crippen LogP) is 1.52. The van der Waals surface area contributed by atoms with Crippen molar-refractivity contribution in [1.82, 2.24) is 36.0 Å². The van der Waals surface area contributed by atoms with E-state index in [1.165, 1.54) is 21.6 Å². The minimum Gasteiger partial charge on any atom is -0.480 e. The highest BCUT2D eigenvalue weighted by Gasteiger charge is 2.45. The van der Waals surface area contributed by atoms with Gasteiger partial charge in [0.1, 0.15) is 42.3 Å². The van der Waals surface area contributed by atoms with Crippen LogP contribution in [0.5, 0.6) is 0 Å². The molecule has 17 nitrogen and oxygen atoms in total. The molecule has 2 aromatic rings. The number of carbonyl (C=O) groups excluding carboxylic acids is 7. The second kappa shape index (κ2) is 22.7. The smallest absolute Gasteiger partial charge is 0.326 e. The SMILES string of the molecule is CC(C)C[C@H](NC(=O)[C@@H](N)C(C)C)C(=O)N1CCC[C@H]1C(=O)N1CCC[C@H]1C(=O)N[C@@H](Cc1ccccc1)C(=O)N[C@@H](C)C(=O)N1CCC[C@H]1C(=O)N[C@@H](Cc1ccccc1)C(=O)O. The Morgan fingerprint density at radius 2 is 1.06 bits per heavy atom. The Kier molecular flexibility index (Phi) is 17.4. The Bertz CT molecular complexity index is 1980. The van der Waals surface area contributed by atoms with Gasteiger partial charge in [-0.15, -0.1) is 0 Å². The summed E-state index contributed by atoms with van der Waals surface area (Å²) in [6.07, 6.45) is 3.11. The van der Waals surface area contributed by atoms with Crippen LogP contribution in [-0.4, -0.2) is 135 Å². The molecular weight excluding hydrogens is 821 g/mol. The number of rotatable bonds is 19. The number of carboxylic acid groups (broad SMARTS) is 1. The molecule has 0 aromatic heterocycles. The van der Waals surface area contributed by atoms with Crippen molar-refractivity contribution < 1.29 is 43.5 Å². The number of aliphatic carboxylic acids is 1. The second-order valence-electron chi connectivity index (χ2n) is 18.1. The number of carbonyl (C=O) groups is 8. The fourth-order valence-corrected chi connectivity index (χ4v) is 8.82. The number of likely N-dealkylation sites (tertiary alicyclic amines) is 3. The van der Waals surface area contributed by atoms with Crippen molar-refractivity contribution >= 4 is 47.3 Å². The molecule has 3 aliphatic rings. The average molecular weight is 887 g/mol. The first kappa shape index (κ1) is 49.2. The molecule has 0 unspecified atom stereocenters. The minimum atomic E-state index is -1.21. The van der Waals surface area contributed by atoms with Crippen molar-refractivity contribution in [3.05, 3.63) is 71.8 Å². The topological polar surface area (TPSA) is 241 Å². The van der Waals surface area contributed by atoms with Crippen molar-refractivity contribution in [2.24, 2.45) is 17.6 Å². The molecule has 3 fully saturated rings. The van der Waals surface area contributed by atoms with Crippen LogP contribution in [0.4, 0.5) is 0 Å². The van der Waals surface area contributed by atoms with E-state index in [2.05, 4.69) is 21.3 Å². The summed E-state index contributed by atoms with van der Waals surface area (Å²) in [6, 6.07) is 10.1. The van der Waals surface area contributed by atoms with Crippen molar-refractivity contribution in [2.45, 2.75) is 141 Å². The molecule has 0 spiro atoms. The van der Waals surface area contributed by atoms with E-state index >= 15 is 0 Å². The third-order valence-electron chi connectivity index (χ3n) is 12.4. The van der Waals surface area contributed by atoms with Gasteiger partial charge in [-0.3, -0.25) is 33.6 Å². The third-order valence-corrected chi connectivity index (χ3v) is 12.4. The lowest BCUT2D eigenvalue weighted by atomic mass is 9.99. The number of nitrogens with zero attached hydrogens (tertiary/aromatic N) is 3. The lowest BCUT2D eigenvalue weighted by Gasteiger charge is -2.34. The van der Waals surface area contributed by atoms with E-state index in [4.69, 9.17) is 5.73 Å². The number of nitrogens with one attached hydrogen (secondary N) is 4. The molecular formula is C47H66N8O9. The molecule has 8 atom stereocenters. The lowest BCUT2D eigenvalue weighted by Crippen LogP contribution is -2.59. The van der Waals surface area contributed by atoms with Crippen LogP contribution < -0.4 is 27.0 Å². The number of hydrogen-bond donors (Lipinski definition) is 6. The first-order chi connectivity index (χ1) is 30.5. The van der Waals surface area contributed by atoms with E-state index < -0.39 is 83.8 Å². The number of hydrogen-bond acceptors (Lipinski definition) is 9. The molecule has 0 bridgehead atoms. The van der Waals surface area contributed by atoms with Crippen molar-refractivity contribution in [2.75, 3.05) is 19.6 Å². The number of benzene rings is 2. The van der Waals surface area contributed by atoms with Crippen LogP contribution in [0.2, 0.25) is 0 Å². The van der Waals surface area contributed by atoms with Crippen LogP contribution in [0.15, 0.2) is 60.7 Å². The molecule has 2 aromatic carbocycles. The van der Waals surface area contributed by atoms with Gasteiger partial charge < -0.3 is 46.8 Å². The molecule has 348 valence electrons. The molecule has 7 N–H and O–H groups in total. The molecule has 5 rings (SSSR count). The summed E-state index contributed by atoms with van der Waals surface area (Å²) in [7, 11) is 0. The van der Waals surface area contributed by atoms with E-state index in [-0.39, 0.29) is 49.6 Å². The van der Waals surface area contributed by atoms with Crippen molar-refractivity contribution in [3.8, 4) is 0 Å². The molecule has 0 saturated carbocycles. The Morgan fingerprint density at radius 1 is 0.594 bits per heavy atom. The molecule has 3 saturated heterocycles. The molecule has 3 aliphatic heterocycles.